The molecule has 0 aliphatic carbocycles. The molecular weight excluding hydrogens is 286 g/mol. The summed E-state index contributed by atoms with van der Waals surface area (Å²) in [5.74, 6) is 0.343. The van der Waals surface area contributed by atoms with Crippen LogP contribution in [-0.2, 0) is 16.4 Å². The Morgan fingerprint density at radius 2 is 1.76 bits per heavy atom. The van der Waals surface area contributed by atoms with Crippen molar-refractivity contribution < 1.29 is 13.5 Å². The van der Waals surface area contributed by atoms with Gasteiger partial charge in [-0.2, -0.15) is 0 Å². The molecule has 2 N–H and O–H groups in total. The van der Waals surface area contributed by atoms with Gasteiger partial charge in [0.15, 0.2) is 9.84 Å². The first-order chi connectivity index (χ1) is 9.92. The van der Waals surface area contributed by atoms with Crippen molar-refractivity contribution in [3.63, 3.8) is 0 Å². The molecule has 0 aromatic heterocycles. The van der Waals surface area contributed by atoms with Crippen LogP contribution in [0.2, 0.25) is 0 Å². The molecule has 0 atom stereocenters. The van der Waals surface area contributed by atoms with Crippen molar-refractivity contribution in [2.75, 3.05) is 11.1 Å². The number of sulfone groups is 1. The van der Waals surface area contributed by atoms with Gasteiger partial charge in [-0.05, 0) is 37.3 Å². The van der Waals surface area contributed by atoms with Crippen molar-refractivity contribution in [2.45, 2.75) is 25.3 Å². The van der Waals surface area contributed by atoms with E-state index in [-0.39, 0.29) is 11.5 Å². The number of anilines is 1. The number of phenolic OH excluding ortho intramolecular Hbond substituents is 1. The van der Waals surface area contributed by atoms with E-state index in [9.17, 15) is 13.5 Å². The van der Waals surface area contributed by atoms with Crippen LogP contribution in [0.3, 0.4) is 0 Å². The lowest BCUT2D eigenvalue weighted by atomic mass is 10.1. The third-order valence-corrected chi connectivity index (χ3v) is 5.06. The van der Waals surface area contributed by atoms with Crippen molar-refractivity contribution in [2.24, 2.45) is 0 Å². The van der Waals surface area contributed by atoms with E-state index in [4.69, 9.17) is 0 Å². The van der Waals surface area contributed by atoms with E-state index in [0.717, 1.165) is 16.8 Å². The van der Waals surface area contributed by atoms with Crippen molar-refractivity contribution >= 4 is 15.5 Å². The van der Waals surface area contributed by atoms with Crippen LogP contribution < -0.4 is 5.32 Å². The Bertz CT molecular complexity index is 722. The first-order valence-corrected chi connectivity index (χ1v) is 8.43. The maximum Gasteiger partial charge on any atom is 0.178 e. The van der Waals surface area contributed by atoms with Crippen molar-refractivity contribution in [1.82, 2.24) is 0 Å². The smallest absolute Gasteiger partial charge is 0.178 e. The average Bonchev–Trinajstić information content (AvgIpc) is 2.48. The second-order valence-corrected chi connectivity index (χ2v) is 7.19. The lowest BCUT2D eigenvalue weighted by molar-refractivity contribution is 0.469. The summed E-state index contributed by atoms with van der Waals surface area (Å²) in [6.07, 6.45) is 0. The number of rotatable bonds is 5. The zero-order valence-electron chi connectivity index (χ0n) is 12.1. The van der Waals surface area contributed by atoms with Gasteiger partial charge in [-0.3, -0.25) is 0 Å². The van der Waals surface area contributed by atoms with Crippen LogP contribution in [0.1, 0.15) is 18.1 Å². The molecule has 0 radical (unpaired) electrons. The molecule has 0 aliphatic heterocycles. The van der Waals surface area contributed by atoms with Gasteiger partial charge in [-0.1, -0.05) is 24.6 Å². The van der Waals surface area contributed by atoms with Gasteiger partial charge in [0.1, 0.15) is 5.75 Å². The molecule has 5 heteroatoms. The molecule has 0 bridgehead atoms. The van der Waals surface area contributed by atoms with Crippen LogP contribution in [0.15, 0.2) is 47.4 Å². The third-order valence-electron chi connectivity index (χ3n) is 3.31. The Labute approximate surface area is 125 Å². The highest BCUT2D eigenvalue weighted by atomic mass is 32.2. The zero-order valence-corrected chi connectivity index (χ0v) is 12.9. The van der Waals surface area contributed by atoms with E-state index >= 15 is 0 Å². The summed E-state index contributed by atoms with van der Waals surface area (Å²) in [4.78, 5) is 0.328. The summed E-state index contributed by atoms with van der Waals surface area (Å²) in [7, 11) is -3.16. The second-order valence-electron chi connectivity index (χ2n) is 4.91. The van der Waals surface area contributed by atoms with Gasteiger partial charge in [-0.15, -0.1) is 0 Å². The molecule has 2 aromatic carbocycles. The summed E-state index contributed by atoms with van der Waals surface area (Å²) in [6, 6.07) is 12.1. The Morgan fingerprint density at radius 1 is 1.10 bits per heavy atom. The third kappa shape index (κ3) is 3.76. The summed E-state index contributed by atoms with van der Waals surface area (Å²) < 4.78 is 23.4. The number of nitrogens with one attached hydrogen (secondary N) is 1. The molecule has 0 heterocycles. The summed E-state index contributed by atoms with van der Waals surface area (Å²) in [5, 5.41) is 12.9. The second kappa shape index (κ2) is 6.18. The van der Waals surface area contributed by atoms with E-state index < -0.39 is 9.84 Å². The number of aromatic hydroxyl groups is 1. The highest BCUT2D eigenvalue weighted by Gasteiger charge is 2.10. The molecule has 0 saturated carbocycles. The number of aryl methyl sites for hydroxylation is 1. The normalized spacial score (nSPS) is 11.3. The number of phenols is 1. The van der Waals surface area contributed by atoms with Gasteiger partial charge in [0.05, 0.1) is 10.6 Å². The van der Waals surface area contributed by atoms with Crippen LogP contribution in [0.5, 0.6) is 5.75 Å². The predicted molar refractivity (Wildman–Crippen MR) is 84.3 cm³/mol. The SMILES string of the molecule is CCS(=O)(=O)c1ccc(NCc2cc(C)ccc2O)cc1. The molecule has 0 saturated heterocycles. The minimum Gasteiger partial charge on any atom is -0.508 e. The molecular formula is C16H19NO3S. The first kappa shape index (κ1) is 15.4. The molecule has 0 aliphatic rings. The van der Waals surface area contributed by atoms with Crippen molar-refractivity contribution in [3.05, 3.63) is 53.6 Å². The zero-order chi connectivity index (χ0) is 15.5. The fourth-order valence-electron chi connectivity index (χ4n) is 2.00. The highest BCUT2D eigenvalue weighted by molar-refractivity contribution is 7.91. The summed E-state index contributed by atoms with van der Waals surface area (Å²) in [5.41, 5.74) is 2.69. The van der Waals surface area contributed by atoms with Crippen molar-refractivity contribution in [3.8, 4) is 5.75 Å². The van der Waals surface area contributed by atoms with E-state index in [1.807, 2.05) is 19.1 Å². The lowest BCUT2D eigenvalue weighted by Crippen LogP contribution is -2.04. The topological polar surface area (TPSA) is 66.4 Å². The van der Waals surface area contributed by atoms with E-state index in [2.05, 4.69) is 5.32 Å². The van der Waals surface area contributed by atoms with Crippen molar-refractivity contribution in [1.29, 1.82) is 0 Å². The van der Waals surface area contributed by atoms with Gasteiger partial charge < -0.3 is 10.4 Å². The number of hydrogen-bond acceptors (Lipinski definition) is 4. The van der Waals surface area contributed by atoms with Crippen LogP contribution in [-0.4, -0.2) is 19.3 Å². The molecule has 4 nitrogen and oxygen atoms in total. The lowest BCUT2D eigenvalue weighted by Gasteiger charge is -2.10. The maximum absolute atomic E-state index is 11.7. The Balaban J connectivity index is 2.09. The van der Waals surface area contributed by atoms with Gasteiger partial charge in [0, 0.05) is 17.8 Å². The molecule has 0 fully saturated rings. The maximum atomic E-state index is 11.7. The minimum absolute atomic E-state index is 0.0942. The van der Waals surface area contributed by atoms with Crippen LogP contribution in [0, 0.1) is 6.92 Å². The van der Waals surface area contributed by atoms with Gasteiger partial charge in [0.25, 0.3) is 0 Å². The van der Waals surface area contributed by atoms with E-state index in [0.29, 0.717) is 11.4 Å². The monoisotopic (exact) mass is 305 g/mol. The summed E-state index contributed by atoms with van der Waals surface area (Å²) >= 11 is 0. The molecule has 0 amide bonds. The molecule has 21 heavy (non-hydrogen) atoms. The molecule has 2 rings (SSSR count). The Morgan fingerprint density at radius 3 is 2.38 bits per heavy atom. The predicted octanol–water partition coefficient (Wildman–Crippen LogP) is 3.11. The molecule has 2 aromatic rings. The van der Waals surface area contributed by atoms with Gasteiger partial charge >= 0.3 is 0 Å². The first-order valence-electron chi connectivity index (χ1n) is 6.77. The Hall–Kier alpha value is -2.01. The number of benzene rings is 2. The molecule has 0 unspecified atom stereocenters. The fraction of sp³-hybridized carbons (Fsp3) is 0.250. The molecule has 0 spiro atoms. The standard InChI is InChI=1S/C16H19NO3S/c1-3-21(19,20)15-7-5-14(6-8-15)17-11-13-10-12(2)4-9-16(13)18/h4-10,17-18H,3,11H2,1-2H3. The summed E-state index contributed by atoms with van der Waals surface area (Å²) in [6.45, 7) is 4.07. The molecule has 112 valence electrons. The van der Waals surface area contributed by atoms with Gasteiger partial charge in [-0.25, -0.2) is 8.42 Å². The van der Waals surface area contributed by atoms with Crippen LogP contribution in [0.4, 0.5) is 5.69 Å². The van der Waals surface area contributed by atoms with Crippen LogP contribution in [0.25, 0.3) is 0 Å². The fourth-order valence-corrected chi connectivity index (χ4v) is 2.88. The quantitative estimate of drug-likeness (QED) is 0.891. The van der Waals surface area contributed by atoms with Crippen LogP contribution >= 0.6 is 0 Å². The highest BCUT2D eigenvalue weighted by Crippen LogP contribution is 2.20. The minimum atomic E-state index is -3.16. The average molecular weight is 305 g/mol. The van der Waals surface area contributed by atoms with E-state index in [1.54, 1.807) is 37.3 Å². The largest absolute Gasteiger partial charge is 0.508 e. The van der Waals surface area contributed by atoms with E-state index in [1.165, 1.54) is 0 Å². The number of hydrogen-bond donors (Lipinski definition) is 2. The Kier molecular flexibility index (Phi) is 4.53. The van der Waals surface area contributed by atoms with Gasteiger partial charge in [0.2, 0.25) is 0 Å².